The molecule has 2 N–H and O–H groups in total. The summed E-state index contributed by atoms with van der Waals surface area (Å²) < 4.78 is 0. The first kappa shape index (κ1) is 19.4. The molecule has 2 unspecified atom stereocenters. The predicted octanol–water partition coefficient (Wildman–Crippen LogP) is 4.48. The smallest absolute Gasteiger partial charge is 0.222 e. The maximum atomic E-state index is 12.8. The summed E-state index contributed by atoms with van der Waals surface area (Å²) in [6, 6.07) is 15.2. The summed E-state index contributed by atoms with van der Waals surface area (Å²) in [6.07, 6.45) is 2.45. The monoisotopic (exact) mass is 384 g/mol. The van der Waals surface area contributed by atoms with E-state index < -0.39 is 0 Å². The van der Waals surface area contributed by atoms with Crippen LogP contribution in [0, 0.1) is 12.8 Å². The third-order valence-electron chi connectivity index (χ3n) is 4.89. The Balaban J connectivity index is 1.71. The summed E-state index contributed by atoms with van der Waals surface area (Å²) in [5, 5.41) is 6.68. The molecule has 0 spiro atoms. The van der Waals surface area contributed by atoms with Crippen molar-refractivity contribution in [3.63, 3.8) is 0 Å². The molecule has 0 heterocycles. The van der Waals surface area contributed by atoms with E-state index in [4.69, 9.17) is 11.6 Å². The number of carbonyl (C=O) groups is 2. The Bertz CT molecular complexity index is 798. The second kappa shape index (κ2) is 8.57. The molecular formula is C22H25ClN2O2. The number of benzene rings is 2. The van der Waals surface area contributed by atoms with Gasteiger partial charge in [-0.25, -0.2) is 0 Å². The molecule has 2 aromatic rings. The molecule has 3 rings (SSSR count). The number of amides is 2. The second-order valence-corrected chi connectivity index (χ2v) is 7.74. The fraction of sp³-hybridized carbons (Fsp3) is 0.364. The SMILES string of the molecule is CC(=O)NC(CC(=O)NC(c1ccc(C)cc1)C1CC1)c1ccc(Cl)cc1. The van der Waals surface area contributed by atoms with Gasteiger partial charge < -0.3 is 10.6 Å². The highest BCUT2D eigenvalue weighted by Gasteiger charge is 2.33. The van der Waals surface area contributed by atoms with E-state index in [1.165, 1.54) is 12.5 Å². The van der Waals surface area contributed by atoms with E-state index in [1.807, 2.05) is 12.1 Å². The van der Waals surface area contributed by atoms with E-state index >= 15 is 0 Å². The minimum atomic E-state index is -0.377. The Morgan fingerprint density at radius 2 is 1.59 bits per heavy atom. The van der Waals surface area contributed by atoms with Gasteiger partial charge >= 0.3 is 0 Å². The van der Waals surface area contributed by atoms with Gasteiger partial charge in [0.2, 0.25) is 11.8 Å². The van der Waals surface area contributed by atoms with Crippen molar-refractivity contribution >= 4 is 23.4 Å². The van der Waals surface area contributed by atoms with Crippen molar-refractivity contribution in [2.24, 2.45) is 5.92 Å². The molecule has 5 heteroatoms. The molecule has 2 aromatic carbocycles. The molecule has 1 fully saturated rings. The maximum Gasteiger partial charge on any atom is 0.222 e. The van der Waals surface area contributed by atoms with Gasteiger partial charge in [-0.3, -0.25) is 9.59 Å². The van der Waals surface area contributed by atoms with Crippen LogP contribution in [-0.4, -0.2) is 11.8 Å². The number of aryl methyl sites for hydroxylation is 1. The Kier molecular flexibility index (Phi) is 6.17. The zero-order chi connectivity index (χ0) is 19.4. The Morgan fingerprint density at radius 1 is 1.00 bits per heavy atom. The maximum absolute atomic E-state index is 12.8. The van der Waals surface area contributed by atoms with E-state index in [-0.39, 0.29) is 30.3 Å². The minimum absolute atomic E-state index is 0.0290. The van der Waals surface area contributed by atoms with Crippen molar-refractivity contribution in [1.29, 1.82) is 0 Å². The van der Waals surface area contributed by atoms with Crippen LogP contribution in [0.1, 0.15) is 55.0 Å². The number of rotatable bonds is 7. The highest BCUT2D eigenvalue weighted by atomic mass is 35.5. The summed E-state index contributed by atoms with van der Waals surface area (Å²) in [6.45, 7) is 3.51. The number of hydrogen-bond acceptors (Lipinski definition) is 2. The predicted molar refractivity (Wildman–Crippen MR) is 107 cm³/mol. The zero-order valence-corrected chi connectivity index (χ0v) is 16.4. The average Bonchev–Trinajstić information content (AvgIpc) is 3.45. The highest BCUT2D eigenvalue weighted by Crippen LogP contribution is 2.41. The Labute approximate surface area is 165 Å². The van der Waals surface area contributed by atoms with Gasteiger partial charge in [0.05, 0.1) is 18.5 Å². The van der Waals surface area contributed by atoms with E-state index in [0.717, 1.165) is 24.0 Å². The molecule has 1 saturated carbocycles. The lowest BCUT2D eigenvalue weighted by molar-refractivity contribution is -0.123. The number of hydrogen-bond donors (Lipinski definition) is 2. The molecule has 4 nitrogen and oxygen atoms in total. The van der Waals surface area contributed by atoms with Gasteiger partial charge in [0.25, 0.3) is 0 Å². The first-order chi connectivity index (χ1) is 12.9. The first-order valence-corrected chi connectivity index (χ1v) is 9.68. The van der Waals surface area contributed by atoms with Gasteiger partial charge in [0, 0.05) is 11.9 Å². The van der Waals surface area contributed by atoms with E-state index in [2.05, 4.69) is 41.8 Å². The summed E-state index contributed by atoms with van der Waals surface area (Å²) in [7, 11) is 0. The normalized spacial score (nSPS) is 15.7. The molecule has 0 aromatic heterocycles. The van der Waals surface area contributed by atoms with Gasteiger partial charge in [0.15, 0.2) is 0 Å². The van der Waals surface area contributed by atoms with Crippen molar-refractivity contribution in [1.82, 2.24) is 10.6 Å². The molecule has 1 aliphatic carbocycles. The number of halogens is 1. The standard InChI is InChI=1S/C22H25ClN2O2/c1-14-3-5-17(6-4-14)22(18-7-8-18)25-21(27)13-20(24-15(2)26)16-9-11-19(23)12-10-16/h3-6,9-12,18,20,22H,7-8,13H2,1-2H3,(H,24,26)(H,25,27). The zero-order valence-electron chi connectivity index (χ0n) is 15.7. The Hall–Kier alpha value is -2.33. The van der Waals surface area contributed by atoms with Gasteiger partial charge in [0.1, 0.15) is 0 Å². The third-order valence-corrected chi connectivity index (χ3v) is 5.14. The molecule has 27 heavy (non-hydrogen) atoms. The lowest BCUT2D eigenvalue weighted by Crippen LogP contribution is -2.35. The number of carbonyl (C=O) groups excluding carboxylic acids is 2. The van der Waals surface area contributed by atoms with Crippen LogP contribution >= 0.6 is 11.6 Å². The molecule has 142 valence electrons. The summed E-state index contributed by atoms with van der Waals surface area (Å²) >= 11 is 5.95. The van der Waals surface area contributed by atoms with Crippen LogP contribution < -0.4 is 10.6 Å². The topological polar surface area (TPSA) is 58.2 Å². The van der Waals surface area contributed by atoms with Crippen molar-refractivity contribution < 1.29 is 9.59 Å². The van der Waals surface area contributed by atoms with Gasteiger partial charge in [-0.05, 0) is 48.9 Å². The van der Waals surface area contributed by atoms with E-state index in [0.29, 0.717) is 10.9 Å². The van der Waals surface area contributed by atoms with Crippen molar-refractivity contribution in [2.75, 3.05) is 0 Å². The lowest BCUT2D eigenvalue weighted by atomic mass is 9.99. The van der Waals surface area contributed by atoms with Gasteiger partial charge in [-0.15, -0.1) is 0 Å². The van der Waals surface area contributed by atoms with E-state index in [1.54, 1.807) is 12.1 Å². The lowest BCUT2D eigenvalue weighted by Gasteiger charge is -2.22. The average molecular weight is 385 g/mol. The van der Waals surface area contributed by atoms with Crippen LogP contribution in [0.15, 0.2) is 48.5 Å². The molecule has 0 saturated heterocycles. The van der Waals surface area contributed by atoms with Crippen LogP contribution in [0.25, 0.3) is 0 Å². The highest BCUT2D eigenvalue weighted by molar-refractivity contribution is 6.30. The largest absolute Gasteiger partial charge is 0.349 e. The van der Waals surface area contributed by atoms with Gasteiger partial charge in [-0.2, -0.15) is 0 Å². The quantitative estimate of drug-likeness (QED) is 0.739. The minimum Gasteiger partial charge on any atom is -0.349 e. The van der Waals surface area contributed by atoms with Gasteiger partial charge in [-0.1, -0.05) is 53.6 Å². The van der Waals surface area contributed by atoms with Crippen LogP contribution in [0.5, 0.6) is 0 Å². The second-order valence-electron chi connectivity index (χ2n) is 7.30. The van der Waals surface area contributed by atoms with Crippen LogP contribution in [0.2, 0.25) is 5.02 Å². The Morgan fingerprint density at radius 3 is 2.15 bits per heavy atom. The first-order valence-electron chi connectivity index (χ1n) is 9.31. The van der Waals surface area contributed by atoms with Crippen LogP contribution in [0.3, 0.4) is 0 Å². The van der Waals surface area contributed by atoms with Crippen molar-refractivity contribution in [3.05, 3.63) is 70.2 Å². The molecule has 0 radical (unpaired) electrons. The molecule has 2 atom stereocenters. The van der Waals surface area contributed by atoms with E-state index in [9.17, 15) is 9.59 Å². The molecule has 2 amide bonds. The summed E-state index contributed by atoms with van der Waals surface area (Å²) in [5.74, 6) is 0.257. The fourth-order valence-electron chi connectivity index (χ4n) is 3.29. The molecular weight excluding hydrogens is 360 g/mol. The van der Waals surface area contributed by atoms with Crippen LogP contribution in [0.4, 0.5) is 0 Å². The number of nitrogens with one attached hydrogen (secondary N) is 2. The summed E-state index contributed by atoms with van der Waals surface area (Å²) in [4.78, 5) is 24.4. The van der Waals surface area contributed by atoms with Crippen molar-refractivity contribution in [2.45, 2.75) is 45.2 Å². The molecule has 0 aliphatic heterocycles. The van der Waals surface area contributed by atoms with Crippen molar-refractivity contribution in [3.8, 4) is 0 Å². The molecule has 0 bridgehead atoms. The molecule has 1 aliphatic rings. The summed E-state index contributed by atoms with van der Waals surface area (Å²) in [5.41, 5.74) is 3.20. The third kappa shape index (κ3) is 5.57. The van der Waals surface area contributed by atoms with Crippen LogP contribution in [-0.2, 0) is 9.59 Å². The fourth-order valence-corrected chi connectivity index (χ4v) is 3.41.